The molecule has 0 unspecified atom stereocenters. The van der Waals surface area contributed by atoms with Gasteiger partial charge in [-0.2, -0.15) is 0 Å². The highest BCUT2D eigenvalue weighted by molar-refractivity contribution is 9.10. The van der Waals surface area contributed by atoms with Crippen LogP contribution in [-0.4, -0.2) is 5.91 Å². The highest BCUT2D eigenvalue weighted by Crippen LogP contribution is 2.28. The van der Waals surface area contributed by atoms with Crippen LogP contribution in [0, 0.1) is 12.8 Å². The first-order chi connectivity index (χ1) is 8.65. The Morgan fingerprint density at radius 2 is 2.06 bits per heavy atom. The van der Waals surface area contributed by atoms with Gasteiger partial charge >= 0.3 is 0 Å². The summed E-state index contributed by atoms with van der Waals surface area (Å²) in [6.45, 7) is 2.03. The van der Waals surface area contributed by atoms with Crippen LogP contribution in [0.5, 0.6) is 0 Å². The highest BCUT2D eigenvalue weighted by atomic mass is 79.9. The summed E-state index contributed by atoms with van der Waals surface area (Å²) in [5.41, 5.74) is 2.04. The molecule has 0 saturated heterocycles. The second kappa shape index (κ2) is 6.37. The number of carbonyl (C=O) groups is 1. The summed E-state index contributed by atoms with van der Waals surface area (Å²) in [6.07, 6.45) is 6.99. The van der Waals surface area contributed by atoms with Crippen LogP contribution in [0.15, 0.2) is 22.7 Å². The largest absolute Gasteiger partial charge is 0.325 e. The van der Waals surface area contributed by atoms with Gasteiger partial charge in [0.1, 0.15) is 0 Å². The number of anilines is 1. The maximum Gasteiger partial charge on any atom is 0.224 e. The number of amides is 1. The summed E-state index contributed by atoms with van der Waals surface area (Å²) in [5.74, 6) is 0.732. The molecule has 0 radical (unpaired) electrons. The number of benzene rings is 1. The van der Waals surface area contributed by atoms with Gasteiger partial charge in [-0.15, -0.1) is 0 Å². The van der Waals surface area contributed by atoms with Crippen molar-refractivity contribution in [1.29, 1.82) is 0 Å². The van der Waals surface area contributed by atoms with Crippen LogP contribution in [0.25, 0.3) is 0 Å². The molecule has 1 fully saturated rings. The van der Waals surface area contributed by atoms with Gasteiger partial charge in [0.2, 0.25) is 5.91 Å². The molecule has 2 rings (SSSR count). The standard InChI is InChI=1S/C15H20BrNO/c1-11-7-8-13(16)14(9-11)17-15(18)10-12-5-3-2-4-6-12/h7-9,12H,2-6,10H2,1H3,(H,17,18). The maximum absolute atomic E-state index is 12.0. The molecule has 98 valence electrons. The van der Waals surface area contributed by atoms with Gasteiger partial charge in [0.15, 0.2) is 0 Å². The number of nitrogens with one attached hydrogen (secondary N) is 1. The summed E-state index contributed by atoms with van der Waals surface area (Å²) in [5, 5.41) is 3.01. The Hall–Kier alpha value is -0.830. The Labute approximate surface area is 117 Å². The summed E-state index contributed by atoms with van der Waals surface area (Å²) < 4.78 is 0.949. The van der Waals surface area contributed by atoms with Crippen molar-refractivity contribution in [3.8, 4) is 0 Å². The number of rotatable bonds is 3. The number of carbonyl (C=O) groups excluding carboxylic acids is 1. The van der Waals surface area contributed by atoms with Crippen molar-refractivity contribution < 1.29 is 4.79 Å². The van der Waals surface area contributed by atoms with Crippen molar-refractivity contribution in [3.05, 3.63) is 28.2 Å². The topological polar surface area (TPSA) is 29.1 Å². The minimum absolute atomic E-state index is 0.146. The molecule has 1 aromatic rings. The molecule has 0 spiro atoms. The van der Waals surface area contributed by atoms with E-state index < -0.39 is 0 Å². The Balaban J connectivity index is 1.92. The zero-order valence-electron chi connectivity index (χ0n) is 10.8. The van der Waals surface area contributed by atoms with Crippen molar-refractivity contribution in [2.24, 2.45) is 5.92 Å². The second-order valence-corrected chi connectivity index (χ2v) is 6.09. The van der Waals surface area contributed by atoms with E-state index in [4.69, 9.17) is 0 Å². The molecule has 1 aliphatic rings. The molecular formula is C15H20BrNO. The molecule has 1 aromatic carbocycles. The summed E-state index contributed by atoms with van der Waals surface area (Å²) in [7, 11) is 0. The average Bonchev–Trinajstić information content (AvgIpc) is 2.35. The molecule has 18 heavy (non-hydrogen) atoms. The summed E-state index contributed by atoms with van der Waals surface area (Å²) >= 11 is 3.47. The van der Waals surface area contributed by atoms with Crippen molar-refractivity contribution in [2.75, 3.05) is 5.32 Å². The molecule has 1 saturated carbocycles. The molecule has 0 aliphatic heterocycles. The summed E-state index contributed by atoms with van der Waals surface area (Å²) in [6, 6.07) is 6.01. The van der Waals surface area contributed by atoms with Crippen LogP contribution in [0.3, 0.4) is 0 Å². The first-order valence-corrected chi connectivity index (χ1v) is 7.50. The lowest BCUT2D eigenvalue weighted by atomic mass is 9.87. The Bertz CT molecular complexity index is 425. The van der Waals surface area contributed by atoms with E-state index in [1.807, 2.05) is 25.1 Å². The van der Waals surface area contributed by atoms with E-state index in [0.29, 0.717) is 12.3 Å². The van der Waals surface area contributed by atoms with Crippen molar-refractivity contribution >= 4 is 27.5 Å². The van der Waals surface area contributed by atoms with E-state index in [9.17, 15) is 4.79 Å². The molecule has 0 bridgehead atoms. The van der Waals surface area contributed by atoms with E-state index in [-0.39, 0.29) is 5.91 Å². The van der Waals surface area contributed by atoms with Crippen LogP contribution in [0.1, 0.15) is 44.1 Å². The van der Waals surface area contributed by atoms with E-state index in [1.54, 1.807) is 0 Å². The van der Waals surface area contributed by atoms with Gasteiger partial charge in [-0.1, -0.05) is 25.3 Å². The van der Waals surface area contributed by atoms with E-state index in [2.05, 4.69) is 21.2 Å². The second-order valence-electron chi connectivity index (χ2n) is 5.24. The Morgan fingerprint density at radius 1 is 1.33 bits per heavy atom. The lowest BCUT2D eigenvalue weighted by molar-refractivity contribution is -0.117. The number of hydrogen-bond donors (Lipinski definition) is 1. The molecule has 3 heteroatoms. The van der Waals surface area contributed by atoms with Crippen LogP contribution in [0.2, 0.25) is 0 Å². The Kier molecular flexibility index (Phi) is 4.81. The maximum atomic E-state index is 12.0. The molecule has 0 aromatic heterocycles. The van der Waals surface area contributed by atoms with E-state index >= 15 is 0 Å². The number of halogens is 1. The SMILES string of the molecule is Cc1ccc(Br)c(NC(=O)CC2CCCCC2)c1. The van der Waals surface area contributed by atoms with Crippen LogP contribution < -0.4 is 5.32 Å². The quantitative estimate of drug-likeness (QED) is 0.864. The third-order valence-corrected chi connectivity index (χ3v) is 4.29. The zero-order chi connectivity index (χ0) is 13.0. The minimum Gasteiger partial charge on any atom is -0.325 e. The van der Waals surface area contributed by atoms with Gasteiger partial charge < -0.3 is 5.32 Å². The van der Waals surface area contributed by atoms with Crippen molar-refractivity contribution in [1.82, 2.24) is 0 Å². The zero-order valence-corrected chi connectivity index (χ0v) is 12.4. The van der Waals surface area contributed by atoms with Crippen LogP contribution in [0.4, 0.5) is 5.69 Å². The molecule has 0 atom stereocenters. The molecule has 1 amide bonds. The fourth-order valence-electron chi connectivity index (χ4n) is 2.59. The van der Waals surface area contributed by atoms with Gasteiger partial charge in [0.25, 0.3) is 0 Å². The molecule has 1 aliphatic carbocycles. The normalized spacial score (nSPS) is 16.6. The van der Waals surface area contributed by atoms with E-state index in [1.165, 1.54) is 32.1 Å². The monoisotopic (exact) mass is 309 g/mol. The van der Waals surface area contributed by atoms with Gasteiger partial charge in [0, 0.05) is 10.9 Å². The number of aryl methyl sites for hydroxylation is 1. The fourth-order valence-corrected chi connectivity index (χ4v) is 2.94. The lowest BCUT2D eigenvalue weighted by Crippen LogP contribution is -2.18. The molecule has 0 heterocycles. The summed E-state index contributed by atoms with van der Waals surface area (Å²) in [4.78, 5) is 12.0. The predicted molar refractivity (Wildman–Crippen MR) is 78.7 cm³/mol. The minimum atomic E-state index is 0.146. The van der Waals surface area contributed by atoms with E-state index in [0.717, 1.165) is 15.7 Å². The van der Waals surface area contributed by atoms with Crippen molar-refractivity contribution in [3.63, 3.8) is 0 Å². The first-order valence-electron chi connectivity index (χ1n) is 6.71. The lowest BCUT2D eigenvalue weighted by Gasteiger charge is -2.21. The average molecular weight is 310 g/mol. The number of hydrogen-bond acceptors (Lipinski definition) is 1. The molecule has 1 N–H and O–H groups in total. The van der Waals surface area contributed by atoms with Crippen LogP contribution >= 0.6 is 15.9 Å². The predicted octanol–water partition coefficient (Wildman–Crippen LogP) is 4.67. The smallest absolute Gasteiger partial charge is 0.224 e. The highest BCUT2D eigenvalue weighted by Gasteiger charge is 2.17. The third-order valence-electron chi connectivity index (χ3n) is 3.59. The van der Waals surface area contributed by atoms with Gasteiger partial charge in [0.05, 0.1) is 5.69 Å². The van der Waals surface area contributed by atoms with Gasteiger partial charge in [-0.3, -0.25) is 4.79 Å². The van der Waals surface area contributed by atoms with Crippen LogP contribution in [-0.2, 0) is 4.79 Å². The first kappa shape index (κ1) is 13.6. The van der Waals surface area contributed by atoms with Gasteiger partial charge in [-0.05, 0) is 59.3 Å². The van der Waals surface area contributed by atoms with Gasteiger partial charge in [-0.25, -0.2) is 0 Å². The Morgan fingerprint density at radius 3 is 2.78 bits per heavy atom. The third kappa shape index (κ3) is 3.84. The van der Waals surface area contributed by atoms with Crippen molar-refractivity contribution in [2.45, 2.75) is 45.4 Å². The molecule has 2 nitrogen and oxygen atoms in total. The fraction of sp³-hybridized carbons (Fsp3) is 0.533. The molecular weight excluding hydrogens is 290 g/mol.